The van der Waals surface area contributed by atoms with Gasteiger partial charge in [0, 0.05) is 5.25 Å². The van der Waals surface area contributed by atoms with Gasteiger partial charge in [-0.25, -0.2) is 9.36 Å². The number of carbonyl (C=O) groups is 1. The summed E-state index contributed by atoms with van der Waals surface area (Å²) >= 11 is 1.87. The van der Waals surface area contributed by atoms with E-state index in [2.05, 4.69) is 13.8 Å². The lowest BCUT2D eigenvalue weighted by Crippen LogP contribution is -2.25. The predicted octanol–water partition coefficient (Wildman–Crippen LogP) is 9.44. The highest BCUT2D eigenvalue weighted by Crippen LogP contribution is 2.44. The number of hydrogen-bond acceptors (Lipinski definition) is 6. The van der Waals surface area contributed by atoms with Gasteiger partial charge in [-0.1, -0.05) is 111 Å². The van der Waals surface area contributed by atoms with E-state index in [0.717, 1.165) is 18.6 Å². The molecule has 8 heteroatoms. The standard InChI is InChI=1S/C26H53O6PS/c1-5-8-10-12-14-15-16-18-20-23-34-25(21-19-17-13-11-9-6-2)24(4)31-32-26(27)33(28,29)30-22-7-3/h24-25H,5-23H2,1-4H3,(H,28,29). The van der Waals surface area contributed by atoms with E-state index >= 15 is 0 Å². The zero-order valence-electron chi connectivity index (χ0n) is 22.4. The minimum Gasteiger partial charge on any atom is -0.316 e. The van der Waals surface area contributed by atoms with E-state index in [1.807, 2.05) is 18.7 Å². The van der Waals surface area contributed by atoms with E-state index in [0.29, 0.717) is 6.42 Å². The van der Waals surface area contributed by atoms with Gasteiger partial charge in [0.2, 0.25) is 0 Å². The molecule has 0 aliphatic rings. The van der Waals surface area contributed by atoms with Gasteiger partial charge in [-0.05, 0) is 31.9 Å². The second-order valence-electron chi connectivity index (χ2n) is 9.30. The molecule has 0 fully saturated rings. The molecule has 0 aromatic heterocycles. The van der Waals surface area contributed by atoms with Crippen LogP contribution in [0.25, 0.3) is 0 Å². The lowest BCUT2D eigenvalue weighted by Gasteiger charge is -2.23. The predicted molar refractivity (Wildman–Crippen MR) is 145 cm³/mol. The molecule has 0 radical (unpaired) electrons. The van der Waals surface area contributed by atoms with E-state index in [1.54, 1.807) is 6.92 Å². The van der Waals surface area contributed by atoms with Crippen molar-refractivity contribution in [2.75, 3.05) is 12.4 Å². The van der Waals surface area contributed by atoms with Crippen molar-refractivity contribution in [2.24, 2.45) is 0 Å². The average molecular weight is 525 g/mol. The summed E-state index contributed by atoms with van der Waals surface area (Å²) in [5.41, 5.74) is -1.34. The molecule has 6 nitrogen and oxygen atoms in total. The summed E-state index contributed by atoms with van der Waals surface area (Å²) in [5, 5.41) is 0.183. The number of carbonyl (C=O) groups excluding carboxylic acids is 1. The van der Waals surface area contributed by atoms with Crippen molar-refractivity contribution >= 4 is 25.1 Å². The highest BCUT2D eigenvalue weighted by Gasteiger charge is 2.35. The SMILES string of the molecule is CCCCCCCCCCCSC(CCCCCCCC)C(C)OOC(=O)P(=O)(O)OCCC. The van der Waals surface area contributed by atoms with E-state index in [9.17, 15) is 14.3 Å². The molecule has 3 unspecified atom stereocenters. The molecule has 0 aromatic carbocycles. The smallest absolute Gasteiger partial charge is 0.316 e. The highest BCUT2D eigenvalue weighted by molar-refractivity contribution is 7.99. The molecule has 0 saturated heterocycles. The largest absolute Gasteiger partial charge is 0.452 e. The van der Waals surface area contributed by atoms with E-state index in [1.165, 1.54) is 89.9 Å². The highest BCUT2D eigenvalue weighted by atomic mass is 32.2. The fraction of sp³-hybridized carbons (Fsp3) is 0.962. The molecule has 34 heavy (non-hydrogen) atoms. The molecule has 0 aliphatic carbocycles. The Hall–Kier alpha value is -0.0700. The molecule has 3 atom stereocenters. The van der Waals surface area contributed by atoms with Crippen LogP contribution in [0.2, 0.25) is 0 Å². The van der Waals surface area contributed by atoms with Crippen molar-refractivity contribution in [1.29, 1.82) is 0 Å². The lowest BCUT2D eigenvalue weighted by atomic mass is 10.1. The molecular weight excluding hydrogens is 471 g/mol. The van der Waals surface area contributed by atoms with Gasteiger partial charge in [0.15, 0.2) is 0 Å². The summed E-state index contributed by atoms with van der Waals surface area (Å²) in [4.78, 5) is 31.6. The van der Waals surface area contributed by atoms with E-state index < -0.39 is 13.3 Å². The Kier molecular flexibility index (Phi) is 23.3. The average Bonchev–Trinajstić information content (AvgIpc) is 2.82. The summed E-state index contributed by atoms with van der Waals surface area (Å²) in [6, 6.07) is 0. The van der Waals surface area contributed by atoms with Gasteiger partial charge in [-0.15, -0.1) is 0 Å². The summed E-state index contributed by atoms with van der Waals surface area (Å²) in [6.45, 7) is 8.15. The van der Waals surface area contributed by atoms with E-state index in [-0.39, 0.29) is 18.0 Å². The van der Waals surface area contributed by atoms with Gasteiger partial charge in [0.1, 0.15) is 6.10 Å². The van der Waals surface area contributed by atoms with Crippen molar-refractivity contribution in [1.82, 2.24) is 0 Å². The number of hydrogen-bond donors (Lipinski definition) is 1. The van der Waals surface area contributed by atoms with Crippen LogP contribution in [0, 0.1) is 0 Å². The van der Waals surface area contributed by atoms with Crippen LogP contribution in [0.15, 0.2) is 0 Å². The first-order chi connectivity index (χ1) is 16.4. The maximum absolute atomic E-state index is 11.9. The minimum atomic E-state index is -4.46. The Labute approximate surface area is 214 Å². The molecule has 0 rings (SSSR count). The van der Waals surface area contributed by atoms with Crippen molar-refractivity contribution in [2.45, 2.75) is 148 Å². The van der Waals surface area contributed by atoms with Crippen LogP contribution in [0.1, 0.15) is 137 Å². The maximum atomic E-state index is 11.9. The van der Waals surface area contributed by atoms with Gasteiger partial charge >= 0.3 is 13.3 Å². The molecule has 1 N–H and O–H groups in total. The van der Waals surface area contributed by atoms with Crippen LogP contribution in [0.3, 0.4) is 0 Å². The van der Waals surface area contributed by atoms with Crippen LogP contribution < -0.4 is 0 Å². The van der Waals surface area contributed by atoms with Crippen LogP contribution in [-0.4, -0.2) is 34.3 Å². The lowest BCUT2D eigenvalue weighted by molar-refractivity contribution is -0.262. The molecule has 0 aromatic rings. The molecule has 0 saturated carbocycles. The third-order valence-electron chi connectivity index (χ3n) is 5.92. The Morgan fingerprint density at radius 3 is 1.82 bits per heavy atom. The second kappa shape index (κ2) is 23.3. The molecule has 204 valence electrons. The van der Waals surface area contributed by atoms with Crippen LogP contribution in [-0.2, 0) is 18.9 Å². The third kappa shape index (κ3) is 19.2. The number of rotatable bonds is 25. The summed E-state index contributed by atoms with van der Waals surface area (Å²) in [5.74, 6) is 1.05. The van der Waals surface area contributed by atoms with Crippen molar-refractivity contribution in [3.8, 4) is 0 Å². The van der Waals surface area contributed by atoms with Crippen LogP contribution >= 0.6 is 19.4 Å². The van der Waals surface area contributed by atoms with Crippen LogP contribution in [0.4, 0.5) is 4.79 Å². The Morgan fingerprint density at radius 1 is 0.794 bits per heavy atom. The first-order valence-electron chi connectivity index (χ1n) is 13.9. The summed E-state index contributed by atoms with van der Waals surface area (Å²) < 4.78 is 16.6. The fourth-order valence-electron chi connectivity index (χ4n) is 3.72. The molecule has 0 bridgehead atoms. The quantitative estimate of drug-likeness (QED) is 0.0551. The zero-order chi connectivity index (χ0) is 25.5. The number of unbranched alkanes of at least 4 members (excludes halogenated alkanes) is 13. The Balaban J connectivity index is 4.37. The normalized spacial score (nSPS) is 15.1. The summed E-state index contributed by atoms with van der Waals surface area (Å²) in [7, 11) is -4.46. The first-order valence-corrected chi connectivity index (χ1v) is 16.5. The minimum absolute atomic E-state index is 0.0215. The third-order valence-corrected chi connectivity index (χ3v) is 8.56. The van der Waals surface area contributed by atoms with E-state index in [4.69, 9.17) is 14.3 Å². The van der Waals surface area contributed by atoms with Gasteiger partial charge in [0.05, 0.1) is 6.61 Å². The molecule has 0 aliphatic heterocycles. The monoisotopic (exact) mass is 524 g/mol. The van der Waals surface area contributed by atoms with Gasteiger partial charge in [-0.3, -0.25) is 4.89 Å². The topological polar surface area (TPSA) is 82.1 Å². The van der Waals surface area contributed by atoms with Gasteiger partial charge in [0.25, 0.3) is 0 Å². The Morgan fingerprint density at radius 2 is 1.29 bits per heavy atom. The van der Waals surface area contributed by atoms with Crippen molar-refractivity contribution in [3.05, 3.63) is 0 Å². The zero-order valence-corrected chi connectivity index (χ0v) is 24.1. The second-order valence-corrected chi connectivity index (χ2v) is 12.3. The van der Waals surface area contributed by atoms with Crippen molar-refractivity contribution < 1.29 is 28.6 Å². The maximum Gasteiger partial charge on any atom is 0.452 e. The molecule has 0 amide bonds. The number of thioether (sulfide) groups is 1. The van der Waals surface area contributed by atoms with Gasteiger partial charge in [-0.2, -0.15) is 16.6 Å². The Bertz CT molecular complexity index is 520. The molecule has 0 spiro atoms. The van der Waals surface area contributed by atoms with Crippen molar-refractivity contribution in [3.63, 3.8) is 0 Å². The fourth-order valence-corrected chi connectivity index (χ4v) is 5.72. The van der Waals surface area contributed by atoms with Gasteiger partial charge < -0.3 is 9.42 Å². The van der Waals surface area contributed by atoms with Crippen LogP contribution in [0.5, 0.6) is 0 Å². The first kappa shape index (κ1) is 33.9. The summed E-state index contributed by atoms with van der Waals surface area (Å²) in [6.07, 6.45) is 20.3. The molecule has 0 heterocycles. The molecular formula is C26H53O6PS.